The summed E-state index contributed by atoms with van der Waals surface area (Å²) in [5, 5.41) is 3.02. The highest BCUT2D eigenvalue weighted by Gasteiger charge is 2.30. The maximum Gasteiger partial charge on any atom is 0.322 e. The second-order valence-corrected chi connectivity index (χ2v) is 5.70. The molecule has 0 aliphatic carbocycles. The summed E-state index contributed by atoms with van der Waals surface area (Å²) in [6.07, 6.45) is 0.925. The van der Waals surface area contributed by atoms with Crippen molar-refractivity contribution in [2.75, 3.05) is 4.90 Å². The summed E-state index contributed by atoms with van der Waals surface area (Å²) in [5.41, 5.74) is 4.63. The Hall–Kier alpha value is -2.29. The van der Waals surface area contributed by atoms with Crippen LogP contribution in [0.15, 0.2) is 48.5 Å². The smallest absolute Gasteiger partial charge is 0.322 e. The quantitative estimate of drug-likeness (QED) is 0.894. The summed E-state index contributed by atoms with van der Waals surface area (Å²) in [7, 11) is 0. The van der Waals surface area contributed by atoms with Crippen LogP contribution in [0.1, 0.15) is 23.6 Å². The van der Waals surface area contributed by atoms with Crippen molar-refractivity contribution < 1.29 is 4.79 Å². The Bertz CT molecular complexity index is 649. The van der Waals surface area contributed by atoms with Gasteiger partial charge in [0.15, 0.2) is 0 Å². The number of rotatable bonds is 2. The minimum Gasteiger partial charge on any atom is -0.334 e. The van der Waals surface area contributed by atoms with Gasteiger partial charge in [0.1, 0.15) is 0 Å². The number of hydrogen-bond donors (Lipinski definition) is 1. The van der Waals surface area contributed by atoms with Gasteiger partial charge < -0.3 is 5.32 Å². The molecule has 0 saturated carbocycles. The lowest BCUT2D eigenvalue weighted by molar-refractivity contribution is 0.244. The molecule has 2 amide bonds. The highest BCUT2D eigenvalue weighted by molar-refractivity contribution is 5.94. The summed E-state index contributed by atoms with van der Waals surface area (Å²) in [6.45, 7) is 4.71. The molecule has 0 aromatic heterocycles. The highest BCUT2D eigenvalue weighted by atomic mass is 16.2. The van der Waals surface area contributed by atoms with Crippen molar-refractivity contribution in [2.45, 2.75) is 32.9 Å². The van der Waals surface area contributed by atoms with Gasteiger partial charge in [-0.3, -0.25) is 4.90 Å². The Morgan fingerprint density at radius 3 is 2.67 bits per heavy atom. The van der Waals surface area contributed by atoms with Gasteiger partial charge in [0.2, 0.25) is 0 Å². The molecule has 0 spiro atoms. The molecule has 1 heterocycles. The van der Waals surface area contributed by atoms with E-state index in [0.717, 1.165) is 17.7 Å². The van der Waals surface area contributed by atoms with Crippen LogP contribution in [0, 0.1) is 6.92 Å². The summed E-state index contributed by atoms with van der Waals surface area (Å²) in [6, 6.07) is 16.5. The van der Waals surface area contributed by atoms with E-state index in [1.165, 1.54) is 11.1 Å². The van der Waals surface area contributed by atoms with E-state index in [1.54, 1.807) is 0 Å². The van der Waals surface area contributed by atoms with E-state index in [2.05, 4.69) is 49.5 Å². The predicted molar refractivity (Wildman–Crippen MR) is 85.5 cm³/mol. The zero-order chi connectivity index (χ0) is 14.8. The topological polar surface area (TPSA) is 32.3 Å². The van der Waals surface area contributed by atoms with Gasteiger partial charge in [-0.05, 0) is 37.5 Å². The second kappa shape index (κ2) is 5.60. The number of para-hydroxylation sites is 1. The first-order valence-corrected chi connectivity index (χ1v) is 7.35. The minimum atomic E-state index is -0.0203. The van der Waals surface area contributed by atoms with Crippen LogP contribution < -0.4 is 10.2 Å². The standard InChI is InChI=1S/C18H20N2O/c1-13-7-9-15(10-8-13)12-19-18(21)20-14(2)11-16-5-3-4-6-17(16)20/h3-10,14H,11-12H2,1-2H3,(H,19,21). The molecule has 1 N–H and O–H groups in total. The molecule has 1 aliphatic rings. The fourth-order valence-corrected chi connectivity index (χ4v) is 2.84. The number of fused-ring (bicyclic) bond motifs is 1. The zero-order valence-corrected chi connectivity index (χ0v) is 12.5. The Balaban J connectivity index is 1.70. The zero-order valence-electron chi connectivity index (χ0n) is 12.5. The molecule has 0 radical (unpaired) electrons. The van der Waals surface area contributed by atoms with E-state index in [-0.39, 0.29) is 12.1 Å². The number of anilines is 1. The van der Waals surface area contributed by atoms with Crippen molar-refractivity contribution >= 4 is 11.7 Å². The Morgan fingerprint density at radius 1 is 1.19 bits per heavy atom. The molecule has 0 bridgehead atoms. The number of carbonyl (C=O) groups is 1. The van der Waals surface area contributed by atoms with Gasteiger partial charge in [-0.25, -0.2) is 4.79 Å². The summed E-state index contributed by atoms with van der Waals surface area (Å²) in [4.78, 5) is 14.3. The van der Waals surface area contributed by atoms with Crippen LogP contribution in [0.2, 0.25) is 0 Å². The van der Waals surface area contributed by atoms with Crippen molar-refractivity contribution in [1.29, 1.82) is 0 Å². The number of nitrogens with zero attached hydrogens (tertiary/aromatic N) is 1. The average molecular weight is 280 g/mol. The van der Waals surface area contributed by atoms with Crippen molar-refractivity contribution in [3.05, 3.63) is 65.2 Å². The maximum absolute atomic E-state index is 12.5. The molecule has 1 unspecified atom stereocenters. The van der Waals surface area contributed by atoms with Crippen LogP contribution in [0.3, 0.4) is 0 Å². The molecule has 0 fully saturated rings. The first-order chi connectivity index (χ1) is 10.1. The van der Waals surface area contributed by atoms with E-state index in [0.29, 0.717) is 6.54 Å². The molecule has 1 aliphatic heterocycles. The second-order valence-electron chi connectivity index (χ2n) is 5.70. The molecule has 108 valence electrons. The predicted octanol–water partition coefficient (Wildman–Crippen LogP) is 3.66. The number of hydrogen-bond acceptors (Lipinski definition) is 1. The summed E-state index contributed by atoms with van der Waals surface area (Å²) < 4.78 is 0. The summed E-state index contributed by atoms with van der Waals surface area (Å²) in [5.74, 6) is 0. The molecular formula is C18H20N2O. The van der Waals surface area contributed by atoms with Crippen LogP contribution >= 0.6 is 0 Å². The van der Waals surface area contributed by atoms with Crippen molar-refractivity contribution in [2.24, 2.45) is 0 Å². The minimum absolute atomic E-state index is 0.0203. The fourth-order valence-electron chi connectivity index (χ4n) is 2.84. The summed E-state index contributed by atoms with van der Waals surface area (Å²) >= 11 is 0. The van der Waals surface area contributed by atoms with Crippen molar-refractivity contribution in [1.82, 2.24) is 5.32 Å². The van der Waals surface area contributed by atoms with Crippen LogP contribution in [0.25, 0.3) is 0 Å². The third-order valence-electron chi connectivity index (χ3n) is 3.99. The van der Waals surface area contributed by atoms with Crippen LogP contribution in [0.4, 0.5) is 10.5 Å². The molecule has 3 nitrogen and oxygen atoms in total. The highest BCUT2D eigenvalue weighted by Crippen LogP contribution is 2.31. The number of benzene rings is 2. The van der Waals surface area contributed by atoms with Gasteiger partial charge in [-0.15, -0.1) is 0 Å². The fraction of sp³-hybridized carbons (Fsp3) is 0.278. The van der Waals surface area contributed by atoms with Crippen LogP contribution in [0.5, 0.6) is 0 Å². The van der Waals surface area contributed by atoms with Crippen molar-refractivity contribution in [3.8, 4) is 0 Å². The average Bonchev–Trinajstić information content (AvgIpc) is 2.82. The van der Waals surface area contributed by atoms with Gasteiger partial charge in [0.25, 0.3) is 0 Å². The SMILES string of the molecule is Cc1ccc(CNC(=O)N2c3ccccc3CC2C)cc1. The first-order valence-electron chi connectivity index (χ1n) is 7.35. The van der Waals surface area contributed by atoms with Gasteiger partial charge in [-0.1, -0.05) is 48.0 Å². The Labute approximate surface area is 125 Å². The van der Waals surface area contributed by atoms with E-state index in [9.17, 15) is 4.79 Å². The molecule has 2 aromatic rings. The third-order valence-corrected chi connectivity index (χ3v) is 3.99. The normalized spacial score (nSPS) is 16.7. The van der Waals surface area contributed by atoms with Gasteiger partial charge >= 0.3 is 6.03 Å². The lowest BCUT2D eigenvalue weighted by atomic mass is 10.1. The van der Waals surface area contributed by atoms with E-state index in [4.69, 9.17) is 0 Å². The number of amides is 2. The van der Waals surface area contributed by atoms with Gasteiger partial charge in [0, 0.05) is 18.3 Å². The van der Waals surface area contributed by atoms with E-state index >= 15 is 0 Å². The van der Waals surface area contributed by atoms with Crippen molar-refractivity contribution in [3.63, 3.8) is 0 Å². The van der Waals surface area contributed by atoms with Crippen LogP contribution in [-0.2, 0) is 13.0 Å². The molecule has 3 heteroatoms. The van der Waals surface area contributed by atoms with Crippen LogP contribution in [-0.4, -0.2) is 12.1 Å². The number of aryl methyl sites for hydroxylation is 1. The van der Waals surface area contributed by atoms with E-state index < -0.39 is 0 Å². The Morgan fingerprint density at radius 2 is 1.90 bits per heavy atom. The lowest BCUT2D eigenvalue weighted by Crippen LogP contribution is -2.42. The first kappa shape index (κ1) is 13.7. The molecule has 1 atom stereocenters. The third kappa shape index (κ3) is 2.77. The monoisotopic (exact) mass is 280 g/mol. The molecule has 21 heavy (non-hydrogen) atoms. The van der Waals surface area contributed by atoms with E-state index in [1.807, 2.05) is 23.1 Å². The number of carbonyl (C=O) groups excluding carboxylic acids is 1. The number of urea groups is 1. The van der Waals surface area contributed by atoms with Gasteiger partial charge in [0.05, 0.1) is 0 Å². The largest absolute Gasteiger partial charge is 0.334 e. The molecule has 3 rings (SSSR count). The van der Waals surface area contributed by atoms with Gasteiger partial charge in [-0.2, -0.15) is 0 Å². The molecular weight excluding hydrogens is 260 g/mol. The maximum atomic E-state index is 12.5. The molecule has 2 aromatic carbocycles. The lowest BCUT2D eigenvalue weighted by Gasteiger charge is -2.23. The number of nitrogens with one attached hydrogen (secondary N) is 1. The Kier molecular flexibility index (Phi) is 3.65. The molecule has 0 saturated heterocycles.